The summed E-state index contributed by atoms with van der Waals surface area (Å²) in [4.78, 5) is 38.8. The molecule has 0 aromatic carbocycles. The number of hydrogen-bond donors (Lipinski definition) is 0. The van der Waals surface area contributed by atoms with E-state index >= 15 is 0 Å². The van der Waals surface area contributed by atoms with Crippen molar-refractivity contribution in [1.29, 1.82) is 0 Å². The van der Waals surface area contributed by atoms with Crippen molar-refractivity contribution < 1.29 is 28.6 Å². The molecule has 1 saturated heterocycles. The molecule has 0 radical (unpaired) electrons. The summed E-state index contributed by atoms with van der Waals surface area (Å²) in [5.74, 6) is -1.43. The van der Waals surface area contributed by atoms with Gasteiger partial charge in [-0.15, -0.1) is 23.2 Å². The molecular weight excluding hydrogens is 423 g/mol. The van der Waals surface area contributed by atoms with E-state index in [-0.39, 0.29) is 19.1 Å². The Morgan fingerprint density at radius 2 is 1.45 bits per heavy atom. The fraction of sp³-hybridized carbons (Fsp3) is 0.842. The van der Waals surface area contributed by atoms with Crippen LogP contribution in [0.2, 0.25) is 0 Å². The van der Waals surface area contributed by atoms with Crippen LogP contribution in [0.15, 0.2) is 0 Å². The Hall–Kier alpha value is -1.41. The monoisotopic (exact) mass is 452 g/mol. The minimum absolute atomic E-state index is 0.0755. The van der Waals surface area contributed by atoms with Crippen molar-refractivity contribution in [2.24, 2.45) is 11.8 Å². The van der Waals surface area contributed by atoms with Crippen LogP contribution in [0, 0.1) is 11.8 Å². The van der Waals surface area contributed by atoms with Crippen LogP contribution in [0.25, 0.3) is 0 Å². The van der Waals surface area contributed by atoms with Crippen molar-refractivity contribution in [2.75, 3.05) is 13.2 Å². The van der Waals surface area contributed by atoms with Crippen molar-refractivity contribution in [3.05, 3.63) is 0 Å². The van der Waals surface area contributed by atoms with Gasteiger partial charge in [-0.2, -0.15) is 5.01 Å². The van der Waals surface area contributed by atoms with Gasteiger partial charge in [-0.3, -0.25) is 0 Å². The van der Waals surface area contributed by atoms with Crippen LogP contribution < -0.4 is 0 Å². The number of ether oxygens (including phenoxy) is 3. The number of hydrazine groups is 1. The van der Waals surface area contributed by atoms with Gasteiger partial charge in [0.1, 0.15) is 11.2 Å². The molecule has 1 saturated carbocycles. The van der Waals surface area contributed by atoms with Crippen LogP contribution in [0.5, 0.6) is 0 Å². The topological polar surface area (TPSA) is 85.4 Å². The number of rotatable bonds is 2. The summed E-state index contributed by atoms with van der Waals surface area (Å²) >= 11 is 12.8. The van der Waals surface area contributed by atoms with Gasteiger partial charge in [0.15, 0.2) is 6.04 Å². The van der Waals surface area contributed by atoms with Gasteiger partial charge in [0.25, 0.3) is 0 Å². The Kier molecular flexibility index (Phi) is 6.89. The third kappa shape index (κ3) is 5.20. The molecule has 1 aliphatic carbocycles. The van der Waals surface area contributed by atoms with E-state index in [1.165, 1.54) is 0 Å². The average molecular weight is 453 g/mol. The average Bonchev–Trinajstić information content (AvgIpc) is 2.56. The molecular formula is C19H30Cl2N2O6. The van der Waals surface area contributed by atoms with Crippen molar-refractivity contribution in [3.8, 4) is 0 Å². The largest absolute Gasteiger partial charge is 0.464 e. The maximum atomic E-state index is 13.0. The molecule has 0 bridgehead atoms. The highest BCUT2D eigenvalue weighted by molar-refractivity contribution is 6.32. The quantitative estimate of drug-likeness (QED) is 0.360. The maximum absolute atomic E-state index is 13.0. The molecule has 1 aliphatic heterocycles. The zero-order valence-electron chi connectivity index (χ0n) is 17.9. The molecule has 10 heteroatoms. The lowest BCUT2D eigenvalue weighted by Crippen LogP contribution is -2.74. The Morgan fingerprint density at radius 1 is 0.931 bits per heavy atom. The van der Waals surface area contributed by atoms with Crippen molar-refractivity contribution in [1.82, 2.24) is 10.0 Å². The molecule has 0 aromatic heterocycles. The number of fused-ring (bicyclic) bond motifs is 1. The summed E-state index contributed by atoms with van der Waals surface area (Å²) in [7, 11) is 0. The number of nitrogens with zero attached hydrogens (tertiary/aromatic N) is 2. The molecule has 2 aliphatic rings. The van der Waals surface area contributed by atoms with Gasteiger partial charge in [0.2, 0.25) is 0 Å². The second-order valence-electron chi connectivity index (χ2n) is 9.21. The van der Waals surface area contributed by atoms with E-state index in [4.69, 9.17) is 37.4 Å². The lowest BCUT2D eigenvalue weighted by Gasteiger charge is -2.57. The maximum Gasteiger partial charge on any atom is 0.430 e. The summed E-state index contributed by atoms with van der Waals surface area (Å²) in [6, 6.07) is -1.14. The van der Waals surface area contributed by atoms with E-state index in [9.17, 15) is 14.4 Å². The first-order chi connectivity index (χ1) is 13.2. The molecule has 29 heavy (non-hydrogen) atoms. The molecule has 0 spiro atoms. The Bertz CT molecular complexity index is 660. The van der Waals surface area contributed by atoms with Crippen LogP contribution in [-0.2, 0) is 19.0 Å². The number of carbonyl (C=O) groups is 3. The first-order valence-electron chi connectivity index (χ1n) is 9.65. The van der Waals surface area contributed by atoms with Gasteiger partial charge >= 0.3 is 18.2 Å². The highest BCUT2D eigenvalue weighted by Crippen LogP contribution is 2.50. The molecule has 5 atom stereocenters. The van der Waals surface area contributed by atoms with Gasteiger partial charge in [0.05, 0.1) is 23.9 Å². The van der Waals surface area contributed by atoms with Crippen molar-refractivity contribution in [2.45, 2.75) is 76.5 Å². The number of carbonyl (C=O) groups excluding carboxylic acids is 3. The summed E-state index contributed by atoms with van der Waals surface area (Å²) in [6.45, 7) is 12.0. The summed E-state index contributed by atoms with van der Waals surface area (Å²) in [5, 5.41) is 1.06. The van der Waals surface area contributed by atoms with Gasteiger partial charge < -0.3 is 14.2 Å². The predicted molar refractivity (Wildman–Crippen MR) is 108 cm³/mol. The van der Waals surface area contributed by atoms with Gasteiger partial charge in [0, 0.05) is 11.8 Å². The highest BCUT2D eigenvalue weighted by atomic mass is 35.5. The van der Waals surface area contributed by atoms with Gasteiger partial charge in [-0.25, -0.2) is 19.4 Å². The van der Waals surface area contributed by atoms with Crippen LogP contribution in [0.3, 0.4) is 0 Å². The summed E-state index contributed by atoms with van der Waals surface area (Å²) in [6.07, 6.45) is -1.64. The minimum Gasteiger partial charge on any atom is -0.464 e. The number of halogens is 2. The van der Waals surface area contributed by atoms with Crippen LogP contribution >= 0.6 is 23.2 Å². The normalized spacial score (nSPS) is 29.5. The van der Waals surface area contributed by atoms with E-state index in [0.29, 0.717) is 0 Å². The smallest absolute Gasteiger partial charge is 0.430 e. The van der Waals surface area contributed by atoms with E-state index in [0.717, 1.165) is 10.0 Å². The Balaban J connectivity index is 2.47. The Labute approximate surface area is 181 Å². The van der Waals surface area contributed by atoms with E-state index in [1.807, 2.05) is 0 Å². The molecule has 0 aromatic rings. The SMILES string of the molecule is CCOC(=O)[C@@H]1C2C(Cl)C(Cl)C2CN(C(=O)OC(C)(C)C)N1C(=O)OC(C)(C)C. The number of amides is 2. The van der Waals surface area contributed by atoms with Crippen molar-refractivity contribution in [3.63, 3.8) is 0 Å². The first-order valence-corrected chi connectivity index (χ1v) is 10.5. The molecule has 8 nitrogen and oxygen atoms in total. The molecule has 2 amide bonds. The zero-order valence-corrected chi connectivity index (χ0v) is 19.4. The molecule has 2 rings (SSSR count). The van der Waals surface area contributed by atoms with E-state index in [2.05, 4.69) is 0 Å². The zero-order chi connectivity index (χ0) is 22.3. The fourth-order valence-corrected chi connectivity index (χ4v) is 4.39. The molecule has 166 valence electrons. The summed E-state index contributed by atoms with van der Waals surface area (Å²) in [5.41, 5.74) is -1.65. The Morgan fingerprint density at radius 3 is 1.93 bits per heavy atom. The lowest BCUT2D eigenvalue weighted by atomic mass is 9.67. The third-order valence-electron chi connectivity index (χ3n) is 4.56. The lowest BCUT2D eigenvalue weighted by molar-refractivity contribution is -0.180. The number of alkyl halides is 2. The van der Waals surface area contributed by atoms with Crippen LogP contribution in [0.1, 0.15) is 48.5 Å². The van der Waals surface area contributed by atoms with Gasteiger partial charge in [-0.1, -0.05) is 0 Å². The van der Waals surface area contributed by atoms with Gasteiger partial charge in [-0.05, 0) is 48.5 Å². The second-order valence-corrected chi connectivity index (χ2v) is 10.2. The molecule has 2 fully saturated rings. The fourth-order valence-electron chi connectivity index (χ4n) is 3.47. The molecule has 1 heterocycles. The predicted octanol–water partition coefficient (Wildman–Crippen LogP) is 3.78. The second kappa shape index (κ2) is 8.38. The van der Waals surface area contributed by atoms with Crippen LogP contribution in [-0.4, -0.2) is 69.3 Å². The summed E-state index contributed by atoms with van der Waals surface area (Å²) < 4.78 is 16.1. The number of esters is 1. The standard InChI is InChI=1S/C19H30Cl2N2O6/c1-8-27-15(24)14-11-10(12(20)13(11)21)9-22(16(25)28-18(2,3)4)23(14)17(26)29-19(5,6)7/h10-14H,8-9H2,1-7H3/t10?,11?,12?,13?,14-/m0/s1. The van der Waals surface area contributed by atoms with Crippen molar-refractivity contribution >= 4 is 41.4 Å². The minimum atomic E-state index is -1.14. The third-order valence-corrected chi connectivity index (χ3v) is 5.85. The van der Waals surface area contributed by atoms with E-state index in [1.54, 1.807) is 48.5 Å². The van der Waals surface area contributed by atoms with Crippen LogP contribution in [0.4, 0.5) is 9.59 Å². The number of hydrogen-bond acceptors (Lipinski definition) is 6. The molecule has 0 N–H and O–H groups in total. The first kappa shape index (κ1) is 23.9. The highest BCUT2D eigenvalue weighted by Gasteiger charge is 2.63. The molecule has 4 unspecified atom stereocenters. The van der Waals surface area contributed by atoms with E-state index < -0.39 is 52.1 Å².